The first-order valence-corrected chi connectivity index (χ1v) is 7.08. The van der Waals surface area contributed by atoms with Crippen molar-refractivity contribution in [2.45, 2.75) is 38.1 Å². The van der Waals surface area contributed by atoms with Crippen molar-refractivity contribution in [3.63, 3.8) is 0 Å². The third kappa shape index (κ3) is 3.47. The summed E-state index contributed by atoms with van der Waals surface area (Å²) in [5, 5.41) is 9.99. The van der Waals surface area contributed by atoms with Crippen LogP contribution in [0.5, 0.6) is 0 Å². The number of nitrogens with zero attached hydrogens (tertiary/aromatic N) is 2. The molecule has 3 heteroatoms. The maximum absolute atomic E-state index is 9.21. The van der Waals surface area contributed by atoms with Crippen LogP contribution in [0.1, 0.15) is 37.8 Å². The van der Waals surface area contributed by atoms with Crippen LogP contribution in [0.15, 0.2) is 18.2 Å². The predicted molar refractivity (Wildman–Crippen MR) is 76.6 cm³/mol. The maximum atomic E-state index is 9.21. The molecule has 1 atom stereocenters. The van der Waals surface area contributed by atoms with Crippen molar-refractivity contribution in [3.8, 4) is 6.07 Å². The standard InChI is InChI=1S/C14H19BrN2/c1-4-5-11(2)17(3)14-7-6-12(9-15)8-13(14)10-16/h6-8,11H,4-5,9H2,1-3H3. The van der Waals surface area contributed by atoms with E-state index in [2.05, 4.69) is 53.9 Å². The predicted octanol–water partition coefficient (Wildman–Crippen LogP) is 4.08. The quantitative estimate of drug-likeness (QED) is 0.765. The zero-order chi connectivity index (χ0) is 12.8. The molecule has 0 radical (unpaired) electrons. The average molecular weight is 295 g/mol. The van der Waals surface area contributed by atoms with E-state index in [1.165, 1.54) is 0 Å². The molecule has 0 saturated heterocycles. The summed E-state index contributed by atoms with van der Waals surface area (Å²) in [6.07, 6.45) is 2.30. The Morgan fingerprint density at radius 1 is 1.47 bits per heavy atom. The van der Waals surface area contributed by atoms with Crippen LogP contribution in [0.25, 0.3) is 0 Å². The molecule has 0 N–H and O–H groups in total. The van der Waals surface area contributed by atoms with E-state index >= 15 is 0 Å². The Hall–Kier alpha value is -1.01. The first-order valence-electron chi connectivity index (χ1n) is 5.95. The van der Waals surface area contributed by atoms with Crippen molar-refractivity contribution in [1.82, 2.24) is 0 Å². The first kappa shape index (κ1) is 14.1. The Balaban J connectivity index is 3.01. The number of hydrogen-bond donors (Lipinski definition) is 0. The van der Waals surface area contributed by atoms with Crippen LogP contribution in [0.4, 0.5) is 5.69 Å². The number of anilines is 1. The van der Waals surface area contributed by atoms with Crippen molar-refractivity contribution < 1.29 is 0 Å². The second-order valence-corrected chi connectivity index (χ2v) is 4.91. The monoisotopic (exact) mass is 294 g/mol. The molecular weight excluding hydrogens is 276 g/mol. The summed E-state index contributed by atoms with van der Waals surface area (Å²) in [6.45, 7) is 4.38. The van der Waals surface area contributed by atoms with Crippen LogP contribution in [-0.2, 0) is 5.33 Å². The second-order valence-electron chi connectivity index (χ2n) is 4.35. The van der Waals surface area contributed by atoms with Crippen LogP contribution in [0.2, 0.25) is 0 Å². The van der Waals surface area contributed by atoms with Crippen molar-refractivity contribution >= 4 is 21.6 Å². The highest BCUT2D eigenvalue weighted by Gasteiger charge is 2.13. The molecular formula is C14H19BrN2. The largest absolute Gasteiger partial charge is 0.371 e. The Morgan fingerprint density at radius 3 is 2.71 bits per heavy atom. The molecule has 0 saturated carbocycles. The van der Waals surface area contributed by atoms with Gasteiger partial charge in [0.1, 0.15) is 6.07 Å². The van der Waals surface area contributed by atoms with E-state index in [1.54, 1.807) is 0 Å². The number of nitriles is 1. The number of benzene rings is 1. The molecule has 0 spiro atoms. The topological polar surface area (TPSA) is 27.0 Å². The van der Waals surface area contributed by atoms with Gasteiger partial charge in [-0.1, -0.05) is 35.3 Å². The smallest absolute Gasteiger partial charge is 0.101 e. The lowest BCUT2D eigenvalue weighted by Crippen LogP contribution is -2.29. The minimum atomic E-state index is 0.460. The van der Waals surface area contributed by atoms with Gasteiger partial charge >= 0.3 is 0 Å². The maximum Gasteiger partial charge on any atom is 0.101 e. The summed E-state index contributed by atoms with van der Waals surface area (Å²) in [5.74, 6) is 0. The van der Waals surface area contributed by atoms with Crippen LogP contribution < -0.4 is 4.90 Å². The Bertz CT molecular complexity index is 409. The molecule has 0 heterocycles. The summed E-state index contributed by atoms with van der Waals surface area (Å²) in [7, 11) is 2.06. The van der Waals surface area contributed by atoms with Gasteiger partial charge in [0, 0.05) is 18.4 Å². The van der Waals surface area contributed by atoms with E-state index in [9.17, 15) is 5.26 Å². The molecule has 0 amide bonds. The third-order valence-corrected chi connectivity index (χ3v) is 3.73. The fourth-order valence-electron chi connectivity index (χ4n) is 1.91. The highest BCUT2D eigenvalue weighted by molar-refractivity contribution is 9.08. The summed E-state index contributed by atoms with van der Waals surface area (Å²) >= 11 is 3.41. The summed E-state index contributed by atoms with van der Waals surface area (Å²) < 4.78 is 0. The molecule has 1 aromatic rings. The van der Waals surface area contributed by atoms with E-state index < -0.39 is 0 Å². The highest BCUT2D eigenvalue weighted by atomic mass is 79.9. The van der Waals surface area contributed by atoms with Crippen LogP contribution in [-0.4, -0.2) is 13.1 Å². The number of halogens is 1. The lowest BCUT2D eigenvalue weighted by molar-refractivity contribution is 0.616. The summed E-state index contributed by atoms with van der Waals surface area (Å²) in [6, 6.07) is 8.82. The van der Waals surface area contributed by atoms with Gasteiger partial charge in [0.25, 0.3) is 0 Å². The molecule has 0 aromatic heterocycles. The minimum Gasteiger partial charge on any atom is -0.371 e. The number of alkyl halides is 1. The third-order valence-electron chi connectivity index (χ3n) is 3.08. The van der Waals surface area contributed by atoms with Gasteiger partial charge in [-0.15, -0.1) is 0 Å². The van der Waals surface area contributed by atoms with Gasteiger partial charge in [-0.2, -0.15) is 5.26 Å². The van der Waals surface area contributed by atoms with E-state index in [0.29, 0.717) is 6.04 Å². The zero-order valence-electron chi connectivity index (χ0n) is 10.7. The Morgan fingerprint density at radius 2 is 2.18 bits per heavy atom. The summed E-state index contributed by atoms with van der Waals surface area (Å²) in [4.78, 5) is 2.19. The molecule has 0 aliphatic carbocycles. The lowest BCUT2D eigenvalue weighted by atomic mass is 10.1. The first-order chi connectivity index (χ1) is 8.13. The molecule has 92 valence electrons. The van der Waals surface area contributed by atoms with Crippen LogP contribution >= 0.6 is 15.9 Å². The van der Waals surface area contributed by atoms with Crippen molar-refractivity contribution in [2.75, 3.05) is 11.9 Å². The van der Waals surface area contributed by atoms with E-state index in [0.717, 1.165) is 35.0 Å². The van der Waals surface area contributed by atoms with Crippen LogP contribution in [0.3, 0.4) is 0 Å². The second kappa shape index (κ2) is 6.66. The fourth-order valence-corrected chi connectivity index (χ4v) is 2.26. The van der Waals surface area contributed by atoms with Gasteiger partial charge in [-0.3, -0.25) is 0 Å². The van der Waals surface area contributed by atoms with Gasteiger partial charge in [0.05, 0.1) is 11.3 Å². The Kier molecular flexibility index (Phi) is 5.50. The Labute approximate surface area is 112 Å². The molecule has 1 rings (SSSR count). The summed E-state index contributed by atoms with van der Waals surface area (Å²) in [5.41, 5.74) is 2.92. The molecule has 2 nitrogen and oxygen atoms in total. The molecule has 0 aliphatic rings. The molecule has 1 unspecified atom stereocenters. The lowest BCUT2D eigenvalue weighted by Gasteiger charge is -2.27. The van der Waals surface area contributed by atoms with Gasteiger partial charge in [0.2, 0.25) is 0 Å². The van der Waals surface area contributed by atoms with E-state index in [1.807, 2.05) is 12.1 Å². The molecule has 0 bridgehead atoms. The molecule has 0 fully saturated rings. The van der Waals surface area contributed by atoms with Gasteiger partial charge in [-0.25, -0.2) is 0 Å². The number of hydrogen-bond acceptors (Lipinski definition) is 2. The normalized spacial score (nSPS) is 11.9. The van der Waals surface area contributed by atoms with Crippen molar-refractivity contribution in [1.29, 1.82) is 5.26 Å². The van der Waals surface area contributed by atoms with Crippen molar-refractivity contribution in [2.24, 2.45) is 0 Å². The van der Waals surface area contributed by atoms with Crippen LogP contribution in [0, 0.1) is 11.3 Å². The molecule has 1 aromatic carbocycles. The number of rotatable bonds is 5. The van der Waals surface area contributed by atoms with E-state index in [-0.39, 0.29) is 0 Å². The van der Waals surface area contributed by atoms with Gasteiger partial charge < -0.3 is 4.90 Å². The van der Waals surface area contributed by atoms with Gasteiger partial charge in [0.15, 0.2) is 0 Å². The molecule has 0 aliphatic heterocycles. The molecule has 17 heavy (non-hydrogen) atoms. The average Bonchev–Trinajstić information content (AvgIpc) is 2.37. The zero-order valence-corrected chi connectivity index (χ0v) is 12.3. The van der Waals surface area contributed by atoms with Gasteiger partial charge in [-0.05, 0) is 31.0 Å². The fraction of sp³-hybridized carbons (Fsp3) is 0.500. The SMILES string of the molecule is CCCC(C)N(C)c1ccc(CBr)cc1C#N. The van der Waals surface area contributed by atoms with E-state index in [4.69, 9.17) is 0 Å². The minimum absolute atomic E-state index is 0.460. The van der Waals surface area contributed by atoms with Crippen molar-refractivity contribution in [3.05, 3.63) is 29.3 Å². The highest BCUT2D eigenvalue weighted by Crippen LogP contribution is 2.24.